The van der Waals surface area contributed by atoms with Gasteiger partial charge in [-0.25, -0.2) is 4.79 Å². The van der Waals surface area contributed by atoms with E-state index in [9.17, 15) is 4.79 Å². The number of benzene rings is 1. The number of halogens is 3. The molecule has 0 bridgehead atoms. The van der Waals surface area contributed by atoms with Gasteiger partial charge in [0.1, 0.15) is 0 Å². The molecule has 2 amide bonds. The average molecular weight is 311 g/mol. The Kier molecular flexibility index (Phi) is 5.53. The van der Waals surface area contributed by atoms with Gasteiger partial charge in [-0.1, -0.05) is 23.2 Å². The molecule has 100 valence electrons. The molecule has 2 rings (SSSR count). The molecule has 1 fully saturated rings. The van der Waals surface area contributed by atoms with Crippen molar-refractivity contribution < 1.29 is 4.79 Å². The second kappa shape index (κ2) is 6.48. The van der Waals surface area contributed by atoms with Crippen LogP contribution >= 0.6 is 35.6 Å². The molecular formula is C11H14Cl3N3O. The van der Waals surface area contributed by atoms with Crippen molar-refractivity contribution in [1.82, 2.24) is 4.90 Å². The predicted octanol–water partition coefficient (Wildman–Crippen LogP) is 2.98. The Labute approximate surface area is 122 Å². The third kappa shape index (κ3) is 3.65. The van der Waals surface area contributed by atoms with Crippen LogP contribution in [0, 0.1) is 0 Å². The summed E-state index contributed by atoms with van der Waals surface area (Å²) in [4.78, 5) is 13.5. The van der Waals surface area contributed by atoms with Crippen LogP contribution in [0.4, 0.5) is 10.5 Å². The van der Waals surface area contributed by atoms with Crippen molar-refractivity contribution in [1.29, 1.82) is 0 Å². The largest absolute Gasteiger partial charge is 0.326 e. The van der Waals surface area contributed by atoms with E-state index in [0.29, 0.717) is 28.8 Å². The average Bonchev–Trinajstić information content (AvgIpc) is 2.70. The van der Waals surface area contributed by atoms with Crippen LogP contribution in [0.15, 0.2) is 18.2 Å². The van der Waals surface area contributed by atoms with Crippen molar-refractivity contribution in [2.45, 2.75) is 12.5 Å². The molecule has 1 aromatic rings. The minimum Gasteiger partial charge on any atom is -0.326 e. The highest BCUT2D eigenvalue weighted by Gasteiger charge is 2.23. The first-order valence-electron chi connectivity index (χ1n) is 5.33. The number of urea groups is 1. The number of carbonyl (C=O) groups is 1. The summed E-state index contributed by atoms with van der Waals surface area (Å²) in [7, 11) is 0. The highest BCUT2D eigenvalue weighted by molar-refractivity contribution is 6.42. The van der Waals surface area contributed by atoms with Crippen LogP contribution in [0.3, 0.4) is 0 Å². The first-order valence-corrected chi connectivity index (χ1v) is 6.08. The lowest BCUT2D eigenvalue weighted by Gasteiger charge is -2.16. The number of nitrogens with one attached hydrogen (secondary N) is 1. The minimum atomic E-state index is -0.156. The molecule has 4 nitrogen and oxygen atoms in total. The number of likely N-dealkylation sites (tertiary alicyclic amines) is 1. The van der Waals surface area contributed by atoms with Gasteiger partial charge in [0.25, 0.3) is 0 Å². The van der Waals surface area contributed by atoms with Gasteiger partial charge in [-0.15, -0.1) is 12.4 Å². The van der Waals surface area contributed by atoms with Crippen LogP contribution in [0.1, 0.15) is 6.42 Å². The van der Waals surface area contributed by atoms with Crippen molar-refractivity contribution in [2.24, 2.45) is 5.73 Å². The third-order valence-electron chi connectivity index (χ3n) is 2.68. The minimum absolute atomic E-state index is 0. The van der Waals surface area contributed by atoms with Gasteiger partial charge in [0, 0.05) is 24.8 Å². The van der Waals surface area contributed by atoms with Crippen LogP contribution < -0.4 is 11.1 Å². The fourth-order valence-electron chi connectivity index (χ4n) is 1.75. The molecule has 1 aliphatic rings. The normalized spacial score (nSPS) is 18.4. The smallest absolute Gasteiger partial charge is 0.321 e. The predicted molar refractivity (Wildman–Crippen MR) is 76.9 cm³/mol. The quantitative estimate of drug-likeness (QED) is 0.838. The Balaban J connectivity index is 0.00000162. The zero-order valence-electron chi connectivity index (χ0n) is 9.53. The number of amides is 2. The van der Waals surface area contributed by atoms with Gasteiger partial charge in [0.15, 0.2) is 0 Å². The van der Waals surface area contributed by atoms with Gasteiger partial charge in [0.05, 0.1) is 10.0 Å². The topological polar surface area (TPSA) is 58.4 Å². The molecule has 1 atom stereocenters. The Morgan fingerprint density at radius 2 is 2.11 bits per heavy atom. The van der Waals surface area contributed by atoms with E-state index < -0.39 is 0 Å². The van der Waals surface area contributed by atoms with Crippen molar-refractivity contribution in [3.05, 3.63) is 28.2 Å². The highest BCUT2D eigenvalue weighted by Crippen LogP contribution is 2.25. The molecule has 0 unspecified atom stereocenters. The summed E-state index contributed by atoms with van der Waals surface area (Å²) in [5, 5.41) is 3.65. The number of hydrogen-bond donors (Lipinski definition) is 2. The standard InChI is InChI=1S/C11H13Cl2N3O.ClH/c12-9-2-1-8(5-10(9)13)15-11(17)16-4-3-7(14)6-16;/h1-2,5,7H,3-4,6,14H2,(H,15,17);1H/t7-;/m0./s1. The highest BCUT2D eigenvalue weighted by atomic mass is 35.5. The van der Waals surface area contributed by atoms with Crippen LogP contribution in [-0.2, 0) is 0 Å². The monoisotopic (exact) mass is 309 g/mol. The Morgan fingerprint density at radius 1 is 1.39 bits per heavy atom. The van der Waals surface area contributed by atoms with Gasteiger partial charge < -0.3 is 16.0 Å². The van der Waals surface area contributed by atoms with Crippen molar-refractivity contribution in [3.63, 3.8) is 0 Å². The number of nitrogens with two attached hydrogens (primary N) is 1. The Morgan fingerprint density at radius 3 is 2.67 bits per heavy atom. The van der Waals surface area contributed by atoms with Crippen molar-refractivity contribution in [3.8, 4) is 0 Å². The molecule has 0 saturated carbocycles. The molecule has 0 aliphatic carbocycles. The van der Waals surface area contributed by atoms with E-state index in [1.165, 1.54) is 0 Å². The van der Waals surface area contributed by atoms with Crippen LogP contribution in [0.5, 0.6) is 0 Å². The van der Waals surface area contributed by atoms with E-state index in [-0.39, 0.29) is 24.5 Å². The summed E-state index contributed by atoms with van der Waals surface area (Å²) in [6, 6.07) is 4.90. The Bertz CT molecular complexity index is 442. The summed E-state index contributed by atoms with van der Waals surface area (Å²) >= 11 is 11.7. The summed E-state index contributed by atoms with van der Waals surface area (Å²) < 4.78 is 0. The summed E-state index contributed by atoms with van der Waals surface area (Å²) in [6.45, 7) is 1.28. The first-order chi connectivity index (χ1) is 8.06. The number of anilines is 1. The van der Waals surface area contributed by atoms with E-state index in [1.807, 2.05) is 0 Å². The van der Waals surface area contributed by atoms with E-state index in [1.54, 1.807) is 23.1 Å². The molecule has 3 N–H and O–H groups in total. The fourth-order valence-corrected chi connectivity index (χ4v) is 2.05. The zero-order chi connectivity index (χ0) is 12.4. The molecule has 0 spiro atoms. The lowest BCUT2D eigenvalue weighted by atomic mass is 10.3. The van der Waals surface area contributed by atoms with Crippen LogP contribution in [0.2, 0.25) is 10.0 Å². The molecule has 1 heterocycles. The molecule has 0 aromatic heterocycles. The lowest BCUT2D eigenvalue weighted by molar-refractivity contribution is 0.222. The Hall–Kier alpha value is -0.680. The van der Waals surface area contributed by atoms with Crippen molar-refractivity contribution in [2.75, 3.05) is 18.4 Å². The number of nitrogens with zero attached hydrogens (tertiary/aromatic N) is 1. The fraction of sp³-hybridized carbons (Fsp3) is 0.364. The molecular weight excluding hydrogens is 296 g/mol. The number of carbonyl (C=O) groups excluding carboxylic acids is 1. The summed E-state index contributed by atoms with van der Waals surface area (Å²) in [5.41, 5.74) is 6.37. The van der Waals surface area contributed by atoms with Gasteiger partial charge in [-0.3, -0.25) is 0 Å². The van der Waals surface area contributed by atoms with E-state index >= 15 is 0 Å². The van der Waals surface area contributed by atoms with Gasteiger partial charge in [0.2, 0.25) is 0 Å². The molecule has 0 radical (unpaired) electrons. The maximum absolute atomic E-state index is 11.8. The second-order valence-corrected chi connectivity index (χ2v) is 4.87. The van der Waals surface area contributed by atoms with E-state index in [4.69, 9.17) is 28.9 Å². The van der Waals surface area contributed by atoms with Crippen LogP contribution in [-0.4, -0.2) is 30.1 Å². The summed E-state index contributed by atoms with van der Waals surface area (Å²) in [6.07, 6.45) is 0.842. The van der Waals surface area contributed by atoms with Crippen LogP contribution in [0.25, 0.3) is 0 Å². The lowest BCUT2D eigenvalue weighted by Crippen LogP contribution is -2.35. The first kappa shape index (κ1) is 15.4. The SMILES string of the molecule is Cl.N[C@H]1CCN(C(=O)Nc2ccc(Cl)c(Cl)c2)C1. The van der Waals surface area contributed by atoms with Crippen molar-refractivity contribution >= 4 is 47.3 Å². The van der Waals surface area contributed by atoms with Gasteiger partial charge >= 0.3 is 6.03 Å². The second-order valence-electron chi connectivity index (χ2n) is 4.05. The summed E-state index contributed by atoms with van der Waals surface area (Å²) in [5.74, 6) is 0. The zero-order valence-corrected chi connectivity index (χ0v) is 11.9. The van der Waals surface area contributed by atoms with E-state index in [2.05, 4.69) is 5.32 Å². The molecule has 1 saturated heterocycles. The van der Waals surface area contributed by atoms with Gasteiger partial charge in [-0.2, -0.15) is 0 Å². The molecule has 1 aliphatic heterocycles. The molecule has 1 aromatic carbocycles. The van der Waals surface area contributed by atoms with Gasteiger partial charge in [-0.05, 0) is 24.6 Å². The third-order valence-corrected chi connectivity index (χ3v) is 3.42. The molecule has 7 heteroatoms. The number of rotatable bonds is 1. The maximum atomic E-state index is 11.8. The molecule has 18 heavy (non-hydrogen) atoms. The van der Waals surface area contributed by atoms with E-state index in [0.717, 1.165) is 6.42 Å². The number of hydrogen-bond acceptors (Lipinski definition) is 2. The maximum Gasteiger partial charge on any atom is 0.321 e.